The molecule has 0 aliphatic rings. The third kappa shape index (κ3) is 3.40. The zero-order valence-electron chi connectivity index (χ0n) is 9.29. The quantitative estimate of drug-likeness (QED) is 0.814. The lowest BCUT2D eigenvalue weighted by Gasteiger charge is -2.12. The monoisotopic (exact) mass is 258 g/mol. The molecule has 0 aliphatic carbocycles. The van der Waals surface area contributed by atoms with Crippen LogP contribution >= 0.6 is 23.4 Å². The van der Waals surface area contributed by atoms with Crippen molar-refractivity contribution in [2.24, 2.45) is 5.73 Å². The zero-order valence-corrected chi connectivity index (χ0v) is 10.9. The van der Waals surface area contributed by atoms with E-state index in [0.717, 1.165) is 4.90 Å². The Morgan fingerprint density at radius 2 is 2.31 bits per heavy atom. The van der Waals surface area contributed by atoms with Gasteiger partial charge in [0.2, 0.25) is 0 Å². The number of benzene rings is 1. The maximum Gasteiger partial charge on any atom is 0.253 e. The lowest BCUT2D eigenvalue weighted by Crippen LogP contribution is -2.37. The van der Waals surface area contributed by atoms with Crippen molar-refractivity contribution in [2.75, 3.05) is 12.8 Å². The van der Waals surface area contributed by atoms with E-state index in [1.54, 1.807) is 23.9 Å². The Morgan fingerprint density at radius 3 is 2.88 bits per heavy atom. The van der Waals surface area contributed by atoms with E-state index >= 15 is 0 Å². The van der Waals surface area contributed by atoms with Crippen molar-refractivity contribution in [3.63, 3.8) is 0 Å². The highest BCUT2D eigenvalue weighted by molar-refractivity contribution is 7.98. The molecule has 1 aromatic rings. The summed E-state index contributed by atoms with van der Waals surface area (Å²) in [4.78, 5) is 12.9. The van der Waals surface area contributed by atoms with E-state index in [1.807, 2.05) is 19.2 Å². The lowest BCUT2D eigenvalue weighted by molar-refractivity contribution is 0.0941. The molecule has 88 valence electrons. The molecule has 0 aliphatic heterocycles. The maximum absolute atomic E-state index is 11.8. The van der Waals surface area contributed by atoms with Crippen molar-refractivity contribution >= 4 is 29.3 Å². The molecule has 0 aromatic heterocycles. The summed E-state index contributed by atoms with van der Waals surface area (Å²) in [5, 5.41) is 3.24. The Kier molecular flexibility index (Phi) is 5.12. The second-order valence-electron chi connectivity index (χ2n) is 3.46. The first-order valence-corrected chi connectivity index (χ1v) is 6.53. The van der Waals surface area contributed by atoms with Crippen LogP contribution in [0.25, 0.3) is 0 Å². The molecule has 0 radical (unpaired) electrons. The fourth-order valence-corrected chi connectivity index (χ4v) is 1.81. The second-order valence-corrected chi connectivity index (χ2v) is 4.74. The summed E-state index contributed by atoms with van der Waals surface area (Å²) in [5.74, 6) is -0.182. The van der Waals surface area contributed by atoms with E-state index in [9.17, 15) is 4.79 Å². The Balaban J connectivity index is 2.89. The van der Waals surface area contributed by atoms with E-state index in [0.29, 0.717) is 17.1 Å². The van der Waals surface area contributed by atoms with Gasteiger partial charge in [-0.05, 0) is 31.4 Å². The van der Waals surface area contributed by atoms with Gasteiger partial charge in [0.25, 0.3) is 5.91 Å². The molecular weight excluding hydrogens is 244 g/mol. The molecule has 3 N–H and O–H groups in total. The molecule has 0 saturated carbocycles. The van der Waals surface area contributed by atoms with Crippen molar-refractivity contribution < 1.29 is 4.79 Å². The van der Waals surface area contributed by atoms with Gasteiger partial charge in [-0.1, -0.05) is 11.6 Å². The fraction of sp³-hybridized carbons (Fsp3) is 0.364. The number of nitrogens with two attached hydrogens (primary N) is 1. The van der Waals surface area contributed by atoms with Gasteiger partial charge in [-0.3, -0.25) is 4.79 Å². The molecule has 0 spiro atoms. The average molecular weight is 259 g/mol. The van der Waals surface area contributed by atoms with Crippen molar-refractivity contribution in [1.82, 2.24) is 5.32 Å². The van der Waals surface area contributed by atoms with E-state index in [2.05, 4.69) is 5.32 Å². The summed E-state index contributed by atoms with van der Waals surface area (Å²) in [6.07, 6.45) is 1.95. The molecule has 0 unspecified atom stereocenters. The number of hydrogen-bond acceptors (Lipinski definition) is 3. The minimum Gasteiger partial charge on any atom is -0.348 e. The van der Waals surface area contributed by atoms with Crippen molar-refractivity contribution in [3.8, 4) is 0 Å². The van der Waals surface area contributed by atoms with Crippen LogP contribution in [0.3, 0.4) is 0 Å². The summed E-state index contributed by atoms with van der Waals surface area (Å²) in [6.45, 7) is 2.26. The van der Waals surface area contributed by atoms with Crippen LogP contribution in [-0.4, -0.2) is 24.7 Å². The van der Waals surface area contributed by atoms with Crippen molar-refractivity contribution in [1.29, 1.82) is 0 Å². The predicted molar refractivity (Wildman–Crippen MR) is 69.2 cm³/mol. The molecule has 3 nitrogen and oxygen atoms in total. The molecule has 5 heteroatoms. The summed E-state index contributed by atoms with van der Waals surface area (Å²) < 4.78 is 0. The smallest absolute Gasteiger partial charge is 0.253 e. The molecule has 1 rings (SSSR count). The average Bonchev–Trinajstić information content (AvgIpc) is 2.29. The highest BCUT2D eigenvalue weighted by atomic mass is 35.5. The highest BCUT2D eigenvalue weighted by Gasteiger charge is 2.12. The first-order valence-electron chi connectivity index (χ1n) is 4.93. The molecular formula is C11H15ClN2OS. The topological polar surface area (TPSA) is 55.1 Å². The Hall–Kier alpha value is -0.710. The maximum atomic E-state index is 11.8. The Bertz CT molecular complexity index is 384. The minimum absolute atomic E-state index is 0.0542. The van der Waals surface area contributed by atoms with Crippen LogP contribution in [0.15, 0.2) is 23.1 Å². The molecule has 0 saturated heterocycles. The van der Waals surface area contributed by atoms with Gasteiger partial charge in [0, 0.05) is 17.5 Å². The summed E-state index contributed by atoms with van der Waals surface area (Å²) >= 11 is 7.54. The number of thioether (sulfide) groups is 1. The fourth-order valence-electron chi connectivity index (χ4n) is 1.17. The third-order valence-electron chi connectivity index (χ3n) is 2.15. The number of rotatable bonds is 4. The van der Waals surface area contributed by atoms with E-state index in [4.69, 9.17) is 17.3 Å². The molecule has 0 heterocycles. The minimum atomic E-state index is -0.182. The lowest BCUT2D eigenvalue weighted by atomic mass is 10.2. The predicted octanol–water partition coefficient (Wildman–Crippen LogP) is 2.14. The number of amides is 1. The molecule has 16 heavy (non-hydrogen) atoms. The number of carbonyl (C=O) groups excluding carboxylic acids is 1. The molecule has 0 fully saturated rings. The van der Waals surface area contributed by atoms with Gasteiger partial charge in [-0.2, -0.15) is 0 Å². The SMILES string of the molecule is CSc1ccc(Cl)c(C(=O)N[C@@H](C)CN)c1. The van der Waals surface area contributed by atoms with Crippen LogP contribution in [-0.2, 0) is 0 Å². The van der Waals surface area contributed by atoms with E-state index in [1.165, 1.54) is 0 Å². The number of halogens is 1. The zero-order chi connectivity index (χ0) is 12.1. The number of carbonyl (C=O) groups is 1. The van der Waals surface area contributed by atoms with E-state index < -0.39 is 0 Å². The number of nitrogens with one attached hydrogen (secondary N) is 1. The van der Waals surface area contributed by atoms with Gasteiger partial charge in [0.1, 0.15) is 0 Å². The largest absolute Gasteiger partial charge is 0.348 e. The van der Waals surface area contributed by atoms with E-state index in [-0.39, 0.29) is 11.9 Å². The standard InChI is InChI=1S/C11H15ClN2OS/c1-7(6-13)14-11(15)9-5-8(16-2)3-4-10(9)12/h3-5,7H,6,13H2,1-2H3,(H,14,15)/t7-/m0/s1. The van der Waals surface area contributed by atoms with Crippen LogP contribution in [0, 0.1) is 0 Å². The first-order chi connectivity index (χ1) is 7.58. The molecule has 0 bridgehead atoms. The van der Waals surface area contributed by atoms with Gasteiger partial charge < -0.3 is 11.1 Å². The van der Waals surface area contributed by atoms with Gasteiger partial charge >= 0.3 is 0 Å². The Labute approximate surface area is 105 Å². The van der Waals surface area contributed by atoms with Crippen LogP contribution < -0.4 is 11.1 Å². The van der Waals surface area contributed by atoms with Crippen LogP contribution in [0.2, 0.25) is 5.02 Å². The molecule has 1 atom stereocenters. The van der Waals surface area contributed by atoms with Crippen LogP contribution in [0.4, 0.5) is 0 Å². The summed E-state index contributed by atoms with van der Waals surface area (Å²) in [6, 6.07) is 5.35. The Morgan fingerprint density at radius 1 is 1.62 bits per heavy atom. The van der Waals surface area contributed by atoms with Gasteiger partial charge in [0.05, 0.1) is 10.6 Å². The molecule has 1 aromatic carbocycles. The van der Waals surface area contributed by atoms with Crippen molar-refractivity contribution in [3.05, 3.63) is 28.8 Å². The van der Waals surface area contributed by atoms with Gasteiger partial charge in [-0.25, -0.2) is 0 Å². The van der Waals surface area contributed by atoms with Crippen LogP contribution in [0.1, 0.15) is 17.3 Å². The third-order valence-corrected chi connectivity index (χ3v) is 3.20. The second kappa shape index (κ2) is 6.13. The van der Waals surface area contributed by atoms with Crippen molar-refractivity contribution in [2.45, 2.75) is 17.9 Å². The van der Waals surface area contributed by atoms with Gasteiger partial charge in [-0.15, -0.1) is 11.8 Å². The normalized spacial score (nSPS) is 12.2. The first kappa shape index (κ1) is 13.4. The number of hydrogen-bond donors (Lipinski definition) is 2. The highest BCUT2D eigenvalue weighted by Crippen LogP contribution is 2.22. The molecule has 1 amide bonds. The summed E-state index contributed by atoms with van der Waals surface area (Å²) in [7, 11) is 0. The van der Waals surface area contributed by atoms with Gasteiger partial charge in [0.15, 0.2) is 0 Å². The summed E-state index contributed by atoms with van der Waals surface area (Å²) in [5.41, 5.74) is 5.93. The van der Waals surface area contributed by atoms with Crippen LogP contribution in [0.5, 0.6) is 0 Å².